The Morgan fingerprint density at radius 2 is 1.95 bits per heavy atom. The van der Waals surface area contributed by atoms with Gasteiger partial charge < -0.3 is 14.0 Å². The molecule has 2 saturated heterocycles. The third kappa shape index (κ3) is 5.09. The Hall–Kier alpha value is -0.355. The van der Waals surface area contributed by atoms with Crippen molar-refractivity contribution in [3.05, 3.63) is 11.5 Å². The van der Waals surface area contributed by atoms with Crippen LogP contribution in [0.15, 0.2) is 11.5 Å². The van der Waals surface area contributed by atoms with Gasteiger partial charge in [0.1, 0.15) is 0 Å². The molecule has 2 heterocycles. The van der Waals surface area contributed by atoms with Gasteiger partial charge in [0.05, 0.1) is 25.4 Å². The predicted octanol–water partition coefficient (Wildman–Crippen LogP) is 3.07. The van der Waals surface area contributed by atoms with E-state index < -0.39 is 0 Å². The highest BCUT2D eigenvalue weighted by Gasteiger charge is 2.40. The summed E-state index contributed by atoms with van der Waals surface area (Å²) in [7, 11) is -0.0966. The molecule has 3 rings (SSSR count). The van der Waals surface area contributed by atoms with Crippen LogP contribution in [-0.2, 0) is 14.0 Å². The fourth-order valence-electron chi connectivity index (χ4n) is 3.15. The van der Waals surface area contributed by atoms with E-state index in [4.69, 9.17) is 14.0 Å². The molecule has 0 amide bonds. The molecule has 1 aliphatic carbocycles. The molecule has 0 aromatic carbocycles. The van der Waals surface area contributed by atoms with Crippen LogP contribution in [0.4, 0.5) is 0 Å². The van der Waals surface area contributed by atoms with Gasteiger partial charge in [-0.3, -0.25) is 4.90 Å². The lowest BCUT2D eigenvalue weighted by Crippen LogP contribution is -2.44. The standard InChI is InChI=1S/C14H24BNO3.C3H8/c1-14(2)11-18-15(19-14)12-3-5-13(6-4-12)16-7-9-17-10-8-16;1-3-2/h3,13H,4-11H2,1-2H3;3H2,1-2H3. The van der Waals surface area contributed by atoms with Crippen molar-refractivity contribution in [1.82, 2.24) is 4.90 Å². The molecule has 0 spiro atoms. The van der Waals surface area contributed by atoms with E-state index in [-0.39, 0.29) is 12.7 Å². The smallest absolute Gasteiger partial charge is 0.405 e. The van der Waals surface area contributed by atoms with Crippen molar-refractivity contribution in [2.24, 2.45) is 0 Å². The van der Waals surface area contributed by atoms with Crippen molar-refractivity contribution in [3.63, 3.8) is 0 Å². The first-order chi connectivity index (χ1) is 10.6. The van der Waals surface area contributed by atoms with Crippen molar-refractivity contribution in [3.8, 4) is 0 Å². The Morgan fingerprint density at radius 1 is 1.27 bits per heavy atom. The molecule has 126 valence electrons. The summed E-state index contributed by atoms with van der Waals surface area (Å²) < 4.78 is 17.1. The van der Waals surface area contributed by atoms with E-state index in [2.05, 4.69) is 38.7 Å². The van der Waals surface area contributed by atoms with Gasteiger partial charge in [-0.1, -0.05) is 26.3 Å². The van der Waals surface area contributed by atoms with E-state index in [1.54, 1.807) is 0 Å². The monoisotopic (exact) mass is 309 g/mol. The molecule has 2 aliphatic heterocycles. The van der Waals surface area contributed by atoms with Crippen LogP contribution in [0.1, 0.15) is 53.4 Å². The van der Waals surface area contributed by atoms with E-state index in [0.29, 0.717) is 12.6 Å². The molecular weight excluding hydrogens is 277 g/mol. The summed E-state index contributed by atoms with van der Waals surface area (Å²) >= 11 is 0. The van der Waals surface area contributed by atoms with E-state index in [9.17, 15) is 0 Å². The van der Waals surface area contributed by atoms with E-state index in [1.165, 1.54) is 18.3 Å². The van der Waals surface area contributed by atoms with Crippen LogP contribution in [-0.4, -0.2) is 56.6 Å². The lowest BCUT2D eigenvalue weighted by atomic mass is 9.71. The van der Waals surface area contributed by atoms with Gasteiger partial charge in [-0.05, 0) is 38.6 Å². The fourth-order valence-corrected chi connectivity index (χ4v) is 3.15. The molecule has 0 saturated carbocycles. The zero-order valence-electron chi connectivity index (χ0n) is 14.8. The first kappa shape index (κ1) is 18.0. The van der Waals surface area contributed by atoms with Crippen molar-refractivity contribution >= 4 is 7.12 Å². The SMILES string of the molecule is CC1(C)COB(C2=CCC(N3CCOCC3)CC2)O1.CCC. The molecular formula is C17H32BNO3. The maximum absolute atomic E-state index is 5.94. The molecule has 1 unspecified atom stereocenters. The van der Waals surface area contributed by atoms with Gasteiger partial charge in [0.25, 0.3) is 0 Å². The highest BCUT2D eigenvalue weighted by Crippen LogP contribution is 2.30. The van der Waals surface area contributed by atoms with E-state index >= 15 is 0 Å². The summed E-state index contributed by atoms with van der Waals surface area (Å²) in [6, 6.07) is 0.682. The highest BCUT2D eigenvalue weighted by molar-refractivity contribution is 6.54. The molecule has 2 fully saturated rings. The second kappa shape index (κ2) is 8.48. The Balaban J connectivity index is 0.000000545. The Bertz CT molecular complexity index is 367. The van der Waals surface area contributed by atoms with Crippen LogP contribution in [0.25, 0.3) is 0 Å². The minimum atomic E-state index is -0.132. The Morgan fingerprint density at radius 3 is 2.45 bits per heavy atom. The minimum absolute atomic E-state index is 0.0966. The average molecular weight is 309 g/mol. The average Bonchev–Trinajstić information content (AvgIpc) is 2.89. The van der Waals surface area contributed by atoms with Crippen LogP contribution in [0.5, 0.6) is 0 Å². The molecule has 0 aromatic heterocycles. The predicted molar refractivity (Wildman–Crippen MR) is 90.9 cm³/mol. The molecule has 4 nitrogen and oxygen atoms in total. The van der Waals surface area contributed by atoms with Gasteiger partial charge in [-0.2, -0.15) is 0 Å². The summed E-state index contributed by atoms with van der Waals surface area (Å²) in [4.78, 5) is 2.57. The maximum atomic E-state index is 5.94. The Labute approximate surface area is 136 Å². The van der Waals surface area contributed by atoms with Crippen LogP contribution in [0, 0.1) is 0 Å². The first-order valence-corrected chi connectivity index (χ1v) is 8.86. The summed E-state index contributed by atoms with van der Waals surface area (Å²) in [5.41, 5.74) is 1.21. The van der Waals surface area contributed by atoms with Gasteiger partial charge in [0, 0.05) is 19.1 Å². The molecule has 22 heavy (non-hydrogen) atoms. The largest absolute Gasteiger partial charge is 0.489 e. The molecule has 5 heteroatoms. The number of nitrogens with zero attached hydrogens (tertiary/aromatic N) is 1. The van der Waals surface area contributed by atoms with Gasteiger partial charge in [-0.15, -0.1) is 0 Å². The van der Waals surface area contributed by atoms with Crippen molar-refractivity contribution in [1.29, 1.82) is 0 Å². The van der Waals surface area contributed by atoms with Gasteiger partial charge in [0.15, 0.2) is 0 Å². The van der Waals surface area contributed by atoms with Gasteiger partial charge >= 0.3 is 7.12 Å². The third-order valence-corrected chi connectivity index (χ3v) is 4.29. The summed E-state index contributed by atoms with van der Waals surface area (Å²) in [6.07, 6.45) is 7.03. The first-order valence-electron chi connectivity index (χ1n) is 8.86. The topological polar surface area (TPSA) is 30.9 Å². The second-order valence-corrected chi connectivity index (χ2v) is 7.08. The molecule has 1 atom stereocenters. The number of morpholine rings is 1. The lowest BCUT2D eigenvalue weighted by molar-refractivity contribution is 0.0145. The van der Waals surface area contributed by atoms with Crippen molar-refractivity contribution in [2.75, 3.05) is 32.9 Å². The second-order valence-electron chi connectivity index (χ2n) is 7.08. The van der Waals surface area contributed by atoms with E-state index in [0.717, 1.165) is 39.1 Å². The fraction of sp³-hybridized carbons (Fsp3) is 0.882. The number of rotatable bonds is 2. The highest BCUT2D eigenvalue weighted by atomic mass is 16.7. The van der Waals surface area contributed by atoms with Gasteiger partial charge in [0.2, 0.25) is 0 Å². The molecule has 0 radical (unpaired) electrons. The third-order valence-electron chi connectivity index (χ3n) is 4.29. The summed E-state index contributed by atoms with van der Waals surface area (Å²) in [5, 5.41) is 0. The summed E-state index contributed by atoms with van der Waals surface area (Å²) in [6.45, 7) is 13.1. The van der Waals surface area contributed by atoms with Crippen LogP contribution in [0.3, 0.4) is 0 Å². The molecule has 3 aliphatic rings. The summed E-state index contributed by atoms with van der Waals surface area (Å²) in [5.74, 6) is 0. The quantitative estimate of drug-likeness (QED) is 0.734. The molecule has 0 N–H and O–H groups in total. The van der Waals surface area contributed by atoms with Crippen molar-refractivity contribution < 1.29 is 14.0 Å². The number of ether oxygens (including phenoxy) is 1. The normalized spacial score (nSPS) is 28.8. The van der Waals surface area contributed by atoms with Crippen molar-refractivity contribution in [2.45, 2.75) is 65.0 Å². The minimum Gasteiger partial charge on any atom is -0.405 e. The Kier molecular flexibility index (Phi) is 6.94. The number of hydrogen-bond acceptors (Lipinski definition) is 4. The zero-order valence-corrected chi connectivity index (χ0v) is 14.8. The van der Waals surface area contributed by atoms with E-state index in [1.807, 2.05) is 0 Å². The number of allylic oxidation sites excluding steroid dienone is 1. The number of hydrogen-bond donors (Lipinski definition) is 0. The molecule has 0 aromatic rings. The van der Waals surface area contributed by atoms with Crippen LogP contribution >= 0.6 is 0 Å². The lowest BCUT2D eigenvalue weighted by Gasteiger charge is -2.36. The van der Waals surface area contributed by atoms with Gasteiger partial charge in [-0.25, -0.2) is 0 Å². The maximum Gasteiger partial charge on any atom is 0.489 e. The molecule has 0 bridgehead atoms. The zero-order chi connectivity index (χ0) is 16.0. The van der Waals surface area contributed by atoms with Crippen LogP contribution in [0.2, 0.25) is 0 Å². The van der Waals surface area contributed by atoms with Crippen LogP contribution < -0.4 is 0 Å².